The Kier molecular flexibility index (Phi) is 44.4. The van der Waals surface area contributed by atoms with Gasteiger partial charge >= 0.3 is 13.8 Å². The van der Waals surface area contributed by atoms with Crippen molar-refractivity contribution in [3.05, 3.63) is 109 Å². The monoisotopic (exact) mass is 1030 g/mol. The molecule has 0 aromatic rings. The second kappa shape index (κ2) is 47.7. The van der Waals surface area contributed by atoms with Gasteiger partial charge in [-0.15, -0.1) is 0 Å². The van der Waals surface area contributed by atoms with Crippen molar-refractivity contribution in [2.75, 3.05) is 19.8 Å². The number of phosphoric ester groups is 1. The lowest BCUT2D eigenvalue weighted by molar-refractivity contribution is -0.220. The highest BCUT2D eigenvalue weighted by molar-refractivity contribution is 7.47. The summed E-state index contributed by atoms with van der Waals surface area (Å²) in [6, 6.07) is 0. The number of hydrogen-bond acceptors (Lipinski definition) is 11. The number of allylic oxidation sites excluding steroid dienone is 18. The molecular formula is C59H99O12P. The Morgan fingerprint density at radius 3 is 1.18 bits per heavy atom. The Hall–Kier alpha value is -3.00. The van der Waals surface area contributed by atoms with E-state index in [2.05, 4.69) is 123 Å². The van der Waals surface area contributed by atoms with Crippen LogP contribution in [0, 0.1) is 0 Å². The van der Waals surface area contributed by atoms with Crippen LogP contribution in [0.2, 0.25) is 0 Å². The molecule has 1 rings (SSSR count). The Balaban J connectivity index is 2.33. The molecule has 6 N–H and O–H groups in total. The van der Waals surface area contributed by atoms with Gasteiger partial charge in [0.15, 0.2) is 0 Å². The van der Waals surface area contributed by atoms with E-state index in [0.29, 0.717) is 13.0 Å². The van der Waals surface area contributed by atoms with Gasteiger partial charge in [-0.3, -0.25) is 13.8 Å². The molecule has 0 aliphatic heterocycles. The van der Waals surface area contributed by atoms with Gasteiger partial charge in [0.05, 0.1) is 13.2 Å². The predicted molar refractivity (Wildman–Crippen MR) is 294 cm³/mol. The first-order valence-electron chi connectivity index (χ1n) is 27.7. The van der Waals surface area contributed by atoms with Crippen LogP contribution < -0.4 is 0 Å². The molecule has 1 aliphatic rings. The van der Waals surface area contributed by atoms with Crippen LogP contribution in [0.15, 0.2) is 109 Å². The molecule has 0 aromatic carbocycles. The third kappa shape index (κ3) is 38.6. The van der Waals surface area contributed by atoms with E-state index in [-0.39, 0.29) is 13.0 Å². The second-order valence-electron chi connectivity index (χ2n) is 18.7. The summed E-state index contributed by atoms with van der Waals surface area (Å²) < 4.78 is 34.4. The lowest BCUT2D eigenvalue weighted by Gasteiger charge is -2.41. The van der Waals surface area contributed by atoms with Crippen molar-refractivity contribution in [3.8, 4) is 0 Å². The number of rotatable bonds is 46. The van der Waals surface area contributed by atoms with Crippen LogP contribution in [0.5, 0.6) is 0 Å². The average molecular weight is 1030 g/mol. The molecule has 0 heterocycles. The standard InChI is InChI=1S/C59H99O12P/c1-3-5-7-9-11-13-15-17-19-21-23-25-26-27-29-31-33-35-37-39-41-43-45-47-49-68-50-52(51-69-72(66,67)71-59-57(64)55(62)54(61)56(63)58(59)65)70-53(60)48-46-44-42-40-38-36-34-32-30-28-24-22-20-18-16-14-12-10-8-6-4-2/h5-8,11-14,17-20,23-25,28,32,34,52,54-59,61-65H,3-4,9-10,15-16,21-22,26-27,29-31,33,35-51H2,1-2H3,(H,66,67)/b7-5-,8-6-,13-11-,14-12-,19-17-,20-18-,25-23-,28-24-,34-32-. The number of ether oxygens (including phenoxy) is 2. The largest absolute Gasteiger partial charge is 0.472 e. The number of esters is 1. The molecule has 0 bridgehead atoms. The lowest BCUT2D eigenvalue weighted by atomic mass is 9.85. The zero-order chi connectivity index (χ0) is 52.6. The summed E-state index contributed by atoms with van der Waals surface area (Å²) in [6.07, 6.45) is 55.8. The molecule has 13 heteroatoms. The van der Waals surface area contributed by atoms with Crippen LogP contribution >= 0.6 is 7.82 Å². The van der Waals surface area contributed by atoms with Crippen molar-refractivity contribution >= 4 is 13.8 Å². The molecule has 0 saturated heterocycles. The average Bonchev–Trinajstić information content (AvgIpc) is 3.37. The predicted octanol–water partition coefficient (Wildman–Crippen LogP) is 13.2. The van der Waals surface area contributed by atoms with Crippen LogP contribution in [0.1, 0.15) is 194 Å². The first-order valence-corrected chi connectivity index (χ1v) is 29.2. The molecular weight excluding hydrogens is 932 g/mol. The highest BCUT2D eigenvalue weighted by Crippen LogP contribution is 2.47. The maximum absolute atomic E-state index is 12.9. The van der Waals surface area contributed by atoms with Gasteiger partial charge in [0, 0.05) is 13.0 Å². The van der Waals surface area contributed by atoms with Gasteiger partial charge in [-0.25, -0.2) is 4.57 Å². The van der Waals surface area contributed by atoms with Gasteiger partial charge in [-0.05, 0) is 96.3 Å². The Morgan fingerprint density at radius 1 is 0.444 bits per heavy atom. The molecule has 0 spiro atoms. The van der Waals surface area contributed by atoms with Crippen LogP contribution in [0.25, 0.3) is 0 Å². The SMILES string of the molecule is CC/C=C\C/C=C\C/C=C\C/C=C\C/C=C\CCCCCCCC(=O)OC(COCCCCCCCCCCCCC/C=C\C/C=C\C/C=C\C/C=C\CC)COP(=O)(O)OC1C(O)C(O)C(O)C(O)C1O. The molecule has 6 unspecified atom stereocenters. The van der Waals surface area contributed by atoms with Crippen molar-refractivity contribution in [2.45, 2.75) is 236 Å². The van der Waals surface area contributed by atoms with E-state index in [4.69, 9.17) is 18.5 Å². The summed E-state index contributed by atoms with van der Waals surface area (Å²) in [5.74, 6) is -0.500. The first kappa shape index (κ1) is 67.0. The Bertz CT molecular complexity index is 1600. The fraction of sp³-hybridized carbons (Fsp3) is 0.678. The highest BCUT2D eigenvalue weighted by atomic mass is 31.2. The number of carbonyl (C=O) groups is 1. The zero-order valence-electron chi connectivity index (χ0n) is 44.4. The molecule has 12 nitrogen and oxygen atoms in total. The smallest absolute Gasteiger partial charge is 0.457 e. The number of unbranched alkanes of at least 4 members (excludes halogenated alkanes) is 16. The van der Waals surface area contributed by atoms with Crippen molar-refractivity contribution in [2.24, 2.45) is 0 Å². The van der Waals surface area contributed by atoms with E-state index in [0.717, 1.165) is 122 Å². The molecule has 1 saturated carbocycles. The molecule has 72 heavy (non-hydrogen) atoms. The van der Waals surface area contributed by atoms with Crippen LogP contribution in [-0.4, -0.2) is 98.9 Å². The summed E-state index contributed by atoms with van der Waals surface area (Å²) in [7, 11) is -5.04. The van der Waals surface area contributed by atoms with E-state index < -0.39 is 63.1 Å². The zero-order valence-corrected chi connectivity index (χ0v) is 45.3. The van der Waals surface area contributed by atoms with Crippen LogP contribution in [-0.2, 0) is 27.9 Å². The van der Waals surface area contributed by atoms with Crippen LogP contribution in [0.3, 0.4) is 0 Å². The van der Waals surface area contributed by atoms with Gasteiger partial charge in [0.25, 0.3) is 0 Å². The number of phosphoric acid groups is 1. The van der Waals surface area contributed by atoms with E-state index in [1.54, 1.807) is 0 Å². The summed E-state index contributed by atoms with van der Waals surface area (Å²) in [4.78, 5) is 23.3. The van der Waals surface area contributed by atoms with Crippen molar-refractivity contribution in [3.63, 3.8) is 0 Å². The van der Waals surface area contributed by atoms with E-state index >= 15 is 0 Å². The van der Waals surface area contributed by atoms with Gasteiger partial charge in [-0.2, -0.15) is 0 Å². The lowest BCUT2D eigenvalue weighted by Crippen LogP contribution is -2.64. The van der Waals surface area contributed by atoms with E-state index in [1.807, 2.05) is 0 Å². The summed E-state index contributed by atoms with van der Waals surface area (Å²) >= 11 is 0. The maximum Gasteiger partial charge on any atom is 0.472 e. The maximum atomic E-state index is 12.9. The van der Waals surface area contributed by atoms with Gasteiger partial charge in [0.2, 0.25) is 0 Å². The third-order valence-electron chi connectivity index (χ3n) is 12.1. The minimum Gasteiger partial charge on any atom is -0.457 e. The molecule has 1 fully saturated rings. The molecule has 0 radical (unpaired) electrons. The Labute approximate surface area is 436 Å². The van der Waals surface area contributed by atoms with Crippen molar-refractivity contribution in [1.29, 1.82) is 0 Å². The normalized spacial score (nSPS) is 21.5. The minimum atomic E-state index is -5.04. The summed E-state index contributed by atoms with van der Waals surface area (Å²) in [5, 5.41) is 50.4. The van der Waals surface area contributed by atoms with Crippen molar-refractivity contribution in [1.82, 2.24) is 0 Å². The molecule has 0 amide bonds. The number of aliphatic hydroxyl groups excluding tert-OH is 5. The van der Waals surface area contributed by atoms with Gasteiger partial charge < -0.3 is 39.9 Å². The van der Waals surface area contributed by atoms with Gasteiger partial charge in [0.1, 0.15) is 42.7 Å². The highest BCUT2D eigenvalue weighted by Gasteiger charge is 2.51. The molecule has 0 aromatic heterocycles. The van der Waals surface area contributed by atoms with E-state index in [1.165, 1.54) is 44.9 Å². The second-order valence-corrected chi connectivity index (χ2v) is 20.1. The summed E-state index contributed by atoms with van der Waals surface area (Å²) in [6.45, 7) is 4.01. The first-order chi connectivity index (χ1) is 35.0. The summed E-state index contributed by atoms with van der Waals surface area (Å²) in [5.41, 5.74) is 0. The Morgan fingerprint density at radius 2 is 0.778 bits per heavy atom. The fourth-order valence-corrected chi connectivity index (χ4v) is 8.82. The third-order valence-corrected chi connectivity index (χ3v) is 13.1. The van der Waals surface area contributed by atoms with E-state index in [9.17, 15) is 39.8 Å². The minimum absolute atomic E-state index is 0.0940. The topological polar surface area (TPSA) is 192 Å². The van der Waals surface area contributed by atoms with Gasteiger partial charge in [-0.1, -0.05) is 200 Å². The van der Waals surface area contributed by atoms with Crippen LogP contribution in [0.4, 0.5) is 0 Å². The quantitative estimate of drug-likeness (QED) is 0.0147. The number of aliphatic hydroxyl groups is 5. The molecule has 412 valence electrons. The fourth-order valence-electron chi connectivity index (χ4n) is 7.84. The van der Waals surface area contributed by atoms with Crippen molar-refractivity contribution < 1.29 is 58.3 Å². The molecule has 1 aliphatic carbocycles. The number of hydrogen-bond donors (Lipinski definition) is 6. The number of carbonyl (C=O) groups excluding carboxylic acids is 1. The molecule has 6 atom stereocenters.